The average Bonchev–Trinajstić information content (AvgIpc) is 0.962. The van der Waals surface area contributed by atoms with Crippen molar-refractivity contribution in [3.63, 3.8) is 0 Å². The molecular weight excluding hydrogens is 1170 g/mol. The van der Waals surface area contributed by atoms with Crippen LogP contribution in [0.15, 0.2) is 60.7 Å². The second kappa shape index (κ2) is 36.5. The Hall–Kier alpha value is -7.47. The topological polar surface area (TPSA) is 288 Å². The third-order valence-corrected chi connectivity index (χ3v) is 16.2. The van der Waals surface area contributed by atoms with Crippen molar-refractivity contribution in [2.45, 2.75) is 202 Å². The Morgan fingerprint density at radius 1 is 0.516 bits per heavy atom. The molecule has 0 saturated carbocycles. The molecule has 0 aromatic heterocycles. The number of carbonyl (C=O) groups excluding carboxylic acids is 11. The first-order valence-electron chi connectivity index (χ1n) is 31.6. The van der Waals surface area contributed by atoms with E-state index in [0.29, 0.717) is 12.1 Å². The Bertz CT molecular complexity index is 2760. The number of nitrogens with one attached hydrogen (secondary N) is 4. The summed E-state index contributed by atoms with van der Waals surface area (Å²) in [6, 6.07) is 5.99. The lowest BCUT2D eigenvalue weighted by molar-refractivity contribution is -0.151. The maximum atomic E-state index is 14.9. The van der Waals surface area contributed by atoms with Crippen molar-refractivity contribution >= 4 is 65.1 Å². The molecule has 2 aromatic carbocycles. The number of carbonyl (C=O) groups is 11. The van der Waals surface area contributed by atoms with E-state index in [1.54, 1.807) is 96.3 Å². The number of aliphatic hydroxyl groups is 1. The van der Waals surface area contributed by atoms with Crippen LogP contribution in [0.4, 0.5) is 4.79 Å². The molecular formula is C67H109N11O13. The van der Waals surface area contributed by atoms with Crippen LogP contribution in [0.2, 0.25) is 0 Å². The van der Waals surface area contributed by atoms with E-state index >= 15 is 0 Å². The Labute approximate surface area is 541 Å². The van der Waals surface area contributed by atoms with Crippen molar-refractivity contribution < 1.29 is 62.6 Å². The number of hydrogen-bond donors (Lipinski definition) is 5. The molecule has 0 aliphatic heterocycles. The van der Waals surface area contributed by atoms with Gasteiger partial charge in [-0.2, -0.15) is 0 Å². The van der Waals surface area contributed by atoms with Crippen LogP contribution < -0.4 is 21.3 Å². The summed E-state index contributed by atoms with van der Waals surface area (Å²) in [4.78, 5) is 164. The molecule has 11 atom stereocenters. The zero-order valence-electron chi connectivity index (χ0n) is 58.3. The highest BCUT2D eigenvalue weighted by molar-refractivity contribution is 6.01. The summed E-state index contributed by atoms with van der Waals surface area (Å²) >= 11 is 0. The van der Waals surface area contributed by atoms with E-state index in [1.165, 1.54) is 94.5 Å². The smallest absolute Gasteiger partial charge is 0.326 e. The van der Waals surface area contributed by atoms with Crippen molar-refractivity contribution in [2.75, 3.05) is 62.5 Å². The third-order valence-electron chi connectivity index (χ3n) is 16.2. The fraction of sp³-hybridized carbons (Fsp3) is 0.657. The summed E-state index contributed by atoms with van der Waals surface area (Å²) in [6.45, 7) is 25.9. The van der Waals surface area contributed by atoms with Gasteiger partial charge in [0.1, 0.15) is 54.4 Å². The van der Waals surface area contributed by atoms with Gasteiger partial charge in [-0.25, -0.2) is 4.79 Å². The first kappa shape index (κ1) is 79.6. The fourth-order valence-electron chi connectivity index (χ4n) is 10.5. The van der Waals surface area contributed by atoms with E-state index in [9.17, 15) is 57.8 Å². The lowest BCUT2D eigenvalue weighted by Gasteiger charge is -2.38. The van der Waals surface area contributed by atoms with E-state index in [-0.39, 0.29) is 50.0 Å². The van der Waals surface area contributed by atoms with Gasteiger partial charge in [0.25, 0.3) is 5.91 Å². The molecule has 510 valence electrons. The van der Waals surface area contributed by atoms with Crippen LogP contribution in [0.25, 0.3) is 0 Å². The fourth-order valence-corrected chi connectivity index (χ4v) is 10.5. The number of imide groups is 1. The molecule has 0 fully saturated rings. The Kier molecular flexibility index (Phi) is 32.0. The van der Waals surface area contributed by atoms with Gasteiger partial charge in [0.15, 0.2) is 0 Å². The minimum atomic E-state index is -1.56. The highest BCUT2D eigenvalue weighted by Crippen LogP contribution is 2.22. The molecule has 0 aliphatic rings. The molecule has 0 radical (unpaired) electrons. The van der Waals surface area contributed by atoms with Gasteiger partial charge in [0, 0.05) is 75.6 Å². The van der Waals surface area contributed by atoms with Crippen molar-refractivity contribution in [1.82, 2.24) is 55.6 Å². The van der Waals surface area contributed by atoms with Crippen LogP contribution in [0, 0.1) is 23.7 Å². The van der Waals surface area contributed by atoms with E-state index < -0.39 is 137 Å². The average molecular weight is 1280 g/mol. The Morgan fingerprint density at radius 2 is 0.989 bits per heavy atom. The highest BCUT2D eigenvalue weighted by atomic mass is 16.5. The minimum absolute atomic E-state index is 0.0256. The number of nitrogens with zero attached hydrogens (tertiary/aromatic N) is 7. The van der Waals surface area contributed by atoms with Gasteiger partial charge in [-0.1, -0.05) is 122 Å². The maximum Gasteiger partial charge on any atom is 0.326 e. The monoisotopic (exact) mass is 1280 g/mol. The quantitative estimate of drug-likeness (QED) is 0.0674. The predicted octanol–water partition coefficient (Wildman–Crippen LogP) is 4.11. The molecule has 0 unspecified atom stereocenters. The number of amides is 12. The molecule has 0 spiro atoms. The number of aliphatic hydroxyl groups excluding tert-OH is 1. The normalized spacial score (nSPS) is 15.2. The van der Waals surface area contributed by atoms with Gasteiger partial charge in [-0.15, -0.1) is 0 Å². The number of benzene rings is 2. The molecule has 0 bridgehead atoms. The second-order valence-electron chi connectivity index (χ2n) is 26.6. The van der Waals surface area contributed by atoms with Crippen molar-refractivity contribution in [1.29, 1.82) is 0 Å². The van der Waals surface area contributed by atoms with Gasteiger partial charge >= 0.3 is 6.03 Å². The number of urea groups is 1. The molecule has 5 N–H and O–H groups in total. The Morgan fingerprint density at radius 3 is 1.45 bits per heavy atom. The standard InChI is InChI=1S/C67H109N11O13/c1-23-43(8)38-72(16)66(90)78(22)65(89)55(46(11)79)71-58(82)52(35-41(4)5)75(19)62(86)50(34-40(2)3)70-57(81)53(36-48-30-26-24-27-31-48)74(18)61(85)45(10)73(17)60(84)44(9)68-59(83)56(42(6)7)77(21)64(88)54(37-49-32-28-25-29-33-49)76(20)63(87)51(69-47(12)80)39-91-67(13,14)15/h24-33,40-46,50-56,79H,23,34-39H2,1-22H3,(H,68,83)(H,69,80)(H,70,81)(H,71,82)/t43-,44-,45-,46+,50-,51-,52-,53-,54-,55-,56-/m0/s1. The van der Waals surface area contributed by atoms with Crippen LogP contribution in [0.3, 0.4) is 0 Å². The van der Waals surface area contributed by atoms with Crippen molar-refractivity contribution in [2.24, 2.45) is 23.7 Å². The Balaban J connectivity index is 2.49. The molecule has 12 amide bonds. The van der Waals surface area contributed by atoms with Crippen LogP contribution in [-0.2, 0) is 65.5 Å². The summed E-state index contributed by atoms with van der Waals surface area (Å²) in [7, 11) is 9.92. The van der Waals surface area contributed by atoms with Gasteiger partial charge in [-0.3, -0.25) is 52.8 Å². The van der Waals surface area contributed by atoms with E-state index in [4.69, 9.17) is 4.74 Å². The lowest BCUT2D eigenvalue weighted by atomic mass is 9.97. The van der Waals surface area contributed by atoms with Gasteiger partial charge in [0.2, 0.25) is 53.2 Å². The van der Waals surface area contributed by atoms with Crippen LogP contribution in [0.1, 0.15) is 134 Å². The molecule has 2 aromatic rings. The zero-order valence-corrected chi connectivity index (χ0v) is 58.3. The summed E-state index contributed by atoms with van der Waals surface area (Å²) in [5, 5.41) is 21.7. The van der Waals surface area contributed by atoms with Gasteiger partial charge in [-0.05, 0) is 89.2 Å². The minimum Gasteiger partial charge on any atom is -0.391 e. The van der Waals surface area contributed by atoms with Crippen LogP contribution in [-0.4, -0.2) is 233 Å². The molecule has 0 heterocycles. The zero-order chi connectivity index (χ0) is 69.7. The largest absolute Gasteiger partial charge is 0.391 e. The predicted molar refractivity (Wildman–Crippen MR) is 349 cm³/mol. The number of hydrogen-bond acceptors (Lipinski definition) is 13. The summed E-state index contributed by atoms with van der Waals surface area (Å²) in [5.41, 5.74) is 0.722. The van der Waals surface area contributed by atoms with E-state index in [0.717, 1.165) is 21.8 Å². The van der Waals surface area contributed by atoms with Crippen molar-refractivity contribution in [3.05, 3.63) is 71.8 Å². The highest BCUT2D eigenvalue weighted by Gasteiger charge is 2.42. The number of rotatable bonds is 33. The molecule has 24 nitrogen and oxygen atoms in total. The molecule has 24 heteroatoms. The second-order valence-corrected chi connectivity index (χ2v) is 26.6. The summed E-state index contributed by atoms with van der Waals surface area (Å²) in [5.74, 6) is -7.46. The third kappa shape index (κ3) is 24.3. The summed E-state index contributed by atoms with van der Waals surface area (Å²) < 4.78 is 5.90. The first-order chi connectivity index (χ1) is 42.2. The van der Waals surface area contributed by atoms with Crippen LogP contribution in [0.5, 0.6) is 0 Å². The number of ether oxygens (including phenoxy) is 1. The van der Waals surface area contributed by atoms with Crippen LogP contribution >= 0.6 is 0 Å². The lowest BCUT2D eigenvalue weighted by Crippen LogP contribution is -2.62. The van der Waals surface area contributed by atoms with Gasteiger partial charge in [0.05, 0.1) is 18.3 Å². The summed E-state index contributed by atoms with van der Waals surface area (Å²) in [6.07, 6.45) is -0.424. The maximum absolute atomic E-state index is 14.9. The van der Waals surface area contributed by atoms with E-state index in [2.05, 4.69) is 21.3 Å². The first-order valence-corrected chi connectivity index (χ1v) is 31.6. The van der Waals surface area contributed by atoms with Crippen molar-refractivity contribution in [3.8, 4) is 0 Å². The molecule has 91 heavy (non-hydrogen) atoms. The molecule has 0 aliphatic carbocycles. The SMILES string of the molecule is CC[C@H](C)CN(C)C(=O)N(C)C(=O)[C@@H](NC(=O)[C@H](CC(C)C)N(C)C(=O)[C@H](CC(C)C)NC(=O)[C@H](Cc1ccccc1)N(C)C(=O)[C@H](C)N(C)C(=O)[C@H](C)NC(=O)[C@H](C(C)C)N(C)C(=O)[C@H](Cc1ccccc1)N(C)C(=O)[C@H](COC(C)(C)C)NC(C)=O)[C@@H](C)O. The van der Waals surface area contributed by atoms with E-state index in [1.807, 2.05) is 47.6 Å². The molecule has 0 saturated heterocycles. The number of likely N-dealkylation sites (N-methyl/N-ethyl adjacent to an activating group) is 6. The van der Waals surface area contributed by atoms with Gasteiger partial charge < -0.3 is 60.5 Å². The molecule has 2 rings (SSSR count).